The van der Waals surface area contributed by atoms with Crippen LogP contribution in [0.15, 0.2) is 34.4 Å². The number of nitriles is 1. The van der Waals surface area contributed by atoms with Gasteiger partial charge in [-0.3, -0.25) is 4.79 Å². The molecule has 1 aromatic carbocycles. The molecule has 2 rings (SSSR count). The molecule has 0 aliphatic carbocycles. The maximum Gasteiger partial charge on any atom is 0.304 e. The highest BCUT2D eigenvalue weighted by Gasteiger charge is 2.05. The van der Waals surface area contributed by atoms with Crippen molar-refractivity contribution in [1.82, 2.24) is 10.3 Å². The fourth-order valence-electron chi connectivity index (χ4n) is 1.63. The summed E-state index contributed by atoms with van der Waals surface area (Å²) in [5.74, 6) is 0. The Morgan fingerprint density at radius 2 is 2.17 bits per heavy atom. The fourth-order valence-corrected chi connectivity index (χ4v) is 2.21. The first-order valence-corrected chi connectivity index (χ1v) is 6.47. The molecule has 0 amide bonds. The molecular weight excluding hydrogens is 246 g/mol. The van der Waals surface area contributed by atoms with Crippen LogP contribution in [0.5, 0.6) is 0 Å². The second-order valence-electron chi connectivity index (χ2n) is 4.01. The number of nitrogens with zero attached hydrogens (tertiary/aromatic N) is 1. The van der Waals surface area contributed by atoms with Gasteiger partial charge in [0.15, 0.2) is 0 Å². The largest absolute Gasteiger partial charge is 0.315 e. The molecule has 4 nitrogen and oxygen atoms in total. The van der Waals surface area contributed by atoms with Crippen LogP contribution in [0.25, 0.3) is 0 Å². The van der Waals surface area contributed by atoms with Crippen molar-refractivity contribution in [2.45, 2.75) is 19.5 Å². The minimum Gasteiger partial charge on any atom is -0.315 e. The van der Waals surface area contributed by atoms with Crippen molar-refractivity contribution in [2.75, 3.05) is 0 Å². The Morgan fingerprint density at radius 1 is 1.44 bits per heavy atom. The van der Waals surface area contributed by atoms with E-state index in [1.165, 1.54) is 11.3 Å². The molecule has 0 aliphatic heterocycles. The molecule has 5 heteroatoms. The molecule has 0 aliphatic rings. The first kappa shape index (κ1) is 12.6. The molecule has 0 saturated carbocycles. The summed E-state index contributed by atoms with van der Waals surface area (Å²) in [7, 11) is 0. The maximum atomic E-state index is 11.0. The van der Waals surface area contributed by atoms with Crippen LogP contribution in [-0.2, 0) is 6.54 Å². The zero-order chi connectivity index (χ0) is 13.0. The van der Waals surface area contributed by atoms with Gasteiger partial charge in [0.05, 0.1) is 11.6 Å². The molecule has 1 heterocycles. The Morgan fingerprint density at radius 3 is 2.72 bits per heavy atom. The lowest BCUT2D eigenvalue weighted by atomic mass is 10.1. The van der Waals surface area contributed by atoms with Crippen LogP contribution < -0.4 is 10.2 Å². The summed E-state index contributed by atoms with van der Waals surface area (Å²) in [6, 6.07) is 9.75. The van der Waals surface area contributed by atoms with Crippen LogP contribution in [0.2, 0.25) is 0 Å². The number of H-pyrrole nitrogens is 1. The van der Waals surface area contributed by atoms with E-state index in [1.807, 2.05) is 24.4 Å². The molecule has 18 heavy (non-hydrogen) atoms. The van der Waals surface area contributed by atoms with E-state index in [9.17, 15) is 4.79 Å². The summed E-state index contributed by atoms with van der Waals surface area (Å²) in [6.07, 6.45) is 0. The lowest BCUT2D eigenvalue weighted by molar-refractivity contribution is 0.569. The average Bonchev–Trinajstić information content (AvgIpc) is 2.82. The standard InChI is InChI=1S/C13H13N3OS/c1-9(11-4-2-10(6-14)3-5-11)15-7-12-8-18-13(17)16-12/h2-5,8-9,15H,7H2,1H3,(H,16,17). The number of aromatic nitrogens is 1. The van der Waals surface area contributed by atoms with Crippen molar-refractivity contribution >= 4 is 11.3 Å². The van der Waals surface area contributed by atoms with E-state index in [1.54, 1.807) is 12.1 Å². The first-order chi connectivity index (χ1) is 8.69. The summed E-state index contributed by atoms with van der Waals surface area (Å²) in [5, 5.41) is 13.9. The highest BCUT2D eigenvalue weighted by atomic mass is 32.1. The number of hydrogen-bond donors (Lipinski definition) is 2. The summed E-state index contributed by atoms with van der Waals surface area (Å²) >= 11 is 1.17. The van der Waals surface area contributed by atoms with Gasteiger partial charge in [-0.05, 0) is 24.6 Å². The topological polar surface area (TPSA) is 68.7 Å². The molecule has 0 saturated heterocycles. The molecule has 0 bridgehead atoms. The predicted octanol–water partition coefficient (Wildman–Crippen LogP) is 2.16. The number of hydrogen-bond acceptors (Lipinski definition) is 4. The van der Waals surface area contributed by atoms with Gasteiger partial charge in [0.1, 0.15) is 0 Å². The second kappa shape index (κ2) is 5.63. The highest BCUT2D eigenvalue weighted by molar-refractivity contribution is 7.07. The van der Waals surface area contributed by atoms with Gasteiger partial charge in [-0.15, -0.1) is 0 Å². The predicted molar refractivity (Wildman–Crippen MR) is 71.4 cm³/mol. The van der Waals surface area contributed by atoms with E-state index in [0.717, 1.165) is 11.3 Å². The third-order valence-electron chi connectivity index (χ3n) is 2.71. The molecule has 1 atom stereocenters. The van der Waals surface area contributed by atoms with Gasteiger partial charge in [0, 0.05) is 23.7 Å². The number of benzene rings is 1. The van der Waals surface area contributed by atoms with Gasteiger partial charge >= 0.3 is 4.87 Å². The lowest BCUT2D eigenvalue weighted by Crippen LogP contribution is -2.18. The van der Waals surface area contributed by atoms with Crippen LogP contribution in [0.1, 0.15) is 29.8 Å². The summed E-state index contributed by atoms with van der Waals surface area (Å²) in [4.78, 5) is 13.7. The van der Waals surface area contributed by atoms with Gasteiger partial charge < -0.3 is 10.3 Å². The van der Waals surface area contributed by atoms with E-state index in [4.69, 9.17) is 5.26 Å². The number of aromatic amines is 1. The van der Waals surface area contributed by atoms with Crippen LogP contribution in [0.4, 0.5) is 0 Å². The Labute approximate surface area is 109 Å². The number of thiazole rings is 1. The molecule has 0 fully saturated rings. The quantitative estimate of drug-likeness (QED) is 0.884. The summed E-state index contributed by atoms with van der Waals surface area (Å²) in [6.45, 7) is 2.67. The third kappa shape index (κ3) is 3.06. The third-order valence-corrected chi connectivity index (χ3v) is 3.43. The second-order valence-corrected chi connectivity index (χ2v) is 4.85. The smallest absolute Gasteiger partial charge is 0.304 e. The molecule has 0 radical (unpaired) electrons. The molecule has 1 aromatic heterocycles. The van der Waals surface area contributed by atoms with Gasteiger partial charge in [-0.1, -0.05) is 23.5 Å². The Bertz CT molecular complexity index is 606. The molecule has 2 aromatic rings. The van der Waals surface area contributed by atoms with Crippen molar-refractivity contribution in [2.24, 2.45) is 0 Å². The van der Waals surface area contributed by atoms with Gasteiger partial charge in [0.2, 0.25) is 0 Å². The summed E-state index contributed by atoms with van der Waals surface area (Å²) in [5.41, 5.74) is 2.67. The minimum absolute atomic E-state index is 0.0298. The SMILES string of the molecule is CC(NCc1csc(=O)[nH]1)c1ccc(C#N)cc1. The zero-order valence-electron chi connectivity index (χ0n) is 9.93. The minimum atomic E-state index is -0.0298. The van der Waals surface area contributed by atoms with E-state index in [2.05, 4.69) is 16.4 Å². The molecule has 0 spiro atoms. The Balaban J connectivity index is 1.97. The lowest BCUT2D eigenvalue weighted by Gasteiger charge is -2.13. The normalized spacial score (nSPS) is 12.0. The van der Waals surface area contributed by atoms with E-state index >= 15 is 0 Å². The van der Waals surface area contributed by atoms with Crippen molar-refractivity contribution in [1.29, 1.82) is 5.26 Å². The molecule has 1 unspecified atom stereocenters. The molecular formula is C13H13N3OS. The van der Waals surface area contributed by atoms with Gasteiger partial charge in [0.25, 0.3) is 0 Å². The number of nitrogens with one attached hydrogen (secondary N) is 2. The van der Waals surface area contributed by atoms with Crippen LogP contribution in [0.3, 0.4) is 0 Å². The van der Waals surface area contributed by atoms with E-state index < -0.39 is 0 Å². The van der Waals surface area contributed by atoms with Gasteiger partial charge in [-0.25, -0.2) is 0 Å². The average molecular weight is 259 g/mol. The monoisotopic (exact) mass is 259 g/mol. The first-order valence-electron chi connectivity index (χ1n) is 5.59. The fraction of sp³-hybridized carbons (Fsp3) is 0.231. The van der Waals surface area contributed by atoms with Crippen LogP contribution in [-0.4, -0.2) is 4.98 Å². The van der Waals surface area contributed by atoms with Crippen molar-refractivity contribution in [3.8, 4) is 6.07 Å². The van der Waals surface area contributed by atoms with Crippen molar-refractivity contribution in [3.63, 3.8) is 0 Å². The Kier molecular flexibility index (Phi) is 3.92. The van der Waals surface area contributed by atoms with E-state index in [-0.39, 0.29) is 10.9 Å². The van der Waals surface area contributed by atoms with Crippen molar-refractivity contribution in [3.05, 3.63) is 56.1 Å². The highest BCUT2D eigenvalue weighted by Crippen LogP contribution is 2.13. The Hall–Kier alpha value is -1.90. The summed E-state index contributed by atoms with van der Waals surface area (Å²) < 4.78 is 0. The maximum absolute atomic E-state index is 11.0. The number of rotatable bonds is 4. The van der Waals surface area contributed by atoms with Crippen molar-refractivity contribution < 1.29 is 0 Å². The van der Waals surface area contributed by atoms with Gasteiger partial charge in [-0.2, -0.15) is 5.26 Å². The molecule has 92 valence electrons. The zero-order valence-corrected chi connectivity index (χ0v) is 10.8. The van der Waals surface area contributed by atoms with Crippen LogP contribution in [0, 0.1) is 11.3 Å². The molecule has 2 N–H and O–H groups in total. The van der Waals surface area contributed by atoms with Crippen LogP contribution >= 0.6 is 11.3 Å². The van der Waals surface area contributed by atoms with E-state index in [0.29, 0.717) is 12.1 Å².